The number of benzene rings is 2. The van der Waals surface area contributed by atoms with Gasteiger partial charge in [-0.3, -0.25) is 9.79 Å². The molecule has 1 heterocycles. The van der Waals surface area contributed by atoms with E-state index in [1.807, 2.05) is 54.6 Å². The monoisotopic (exact) mass is 538 g/mol. The van der Waals surface area contributed by atoms with Gasteiger partial charge in [-0.25, -0.2) is 4.79 Å². The van der Waals surface area contributed by atoms with Crippen LogP contribution in [0.3, 0.4) is 0 Å². The maximum absolute atomic E-state index is 12.7. The zero-order chi connectivity index (χ0) is 28.2. The van der Waals surface area contributed by atoms with E-state index in [4.69, 9.17) is 18.9 Å². The van der Waals surface area contributed by atoms with Crippen molar-refractivity contribution in [3.8, 4) is 11.5 Å². The normalized spacial score (nSPS) is 17.7. The van der Waals surface area contributed by atoms with Crippen LogP contribution in [-0.2, 0) is 19.1 Å². The molecule has 2 aromatic rings. The first-order valence-corrected chi connectivity index (χ1v) is 13.1. The Bertz CT molecular complexity index is 1160. The molecule has 2 aromatic carbocycles. The highest BCUT2D eigenvalue weighted by Crippen LogP contribution is 2.40. The van der Waals surface area contributed by atoms with Crippen LogP contribution < -0.4 is 14.8 Å². The lowest BCUT2D eigenvalue weighted by Gasteiger charge is -2.31. The highest BCUT2D eigenvalue weighted by Gasteiger charge is 2.42. The van der Waals surface area contributed by atoms with E-state index < -0.39 is 29.9 Å². The third-order valence-corrected chi connectivity index (χ3v) is 6.49. The number of aliphatic imine (C=N–C) groups is 1. The van der Waals surface area contributed by atoms with Crippen LogP contribution >= 0.6 is 0 Å². The average molecular weight is 539 g/mol. The molecule has 0 spiro atoms. The molecule has 0 aromatic heterocycles. The molecule has 0 saturated heterocycles. The van der Waals surface area contributed by atoms with E-state index >= 15 is 0 Å². The fourth-order valence-electron chi connectivity index (χ4n) is 4.58. The molecule has 0 bridgehead atoms. The number of unbranched alkanes of at least 4 members (excludes halogenated alkanes) is 1. The van der Waals surface area contributed by atoms with Crippen molar-refractivity contribution in [1.29, 1.82) is 0 Å². The Labute approximate surface area is 229 Å². The van der Waals surface area contributed by atoms with Crippen molar-refractivity contribution in [3.63, 3.8) is 0 Å². The second-order valence-corrected chi connectivity index (χ2v) is 9.33. The predicted octanol–water partition coefficient (Wildman–Crippen LogP) is 3.67. The van der Waals surface area contributed by atoms with Crippen molar-refractivity contribution in [1.82, 2.24) is 5.32 Å². The molecule has 9 heteroatoms. The van der Waals surface area contributed by atoms with Crippen LogP contribution in [0.25, 0.3) is 0 Å². The molecule has 2 N–H and O–H groups in total. The van der Waals surface area contributed by atoms with E-state index in [9.17, 15) is 14.7 Å². The van der Waals surface area contributed by atoms with Crippen molar-refractivity contribution >= 4 is 17.7 Å². The highest BCUT2D eigenvalue weighted by atomic mass is 16.5. The lowest BCUT2D eigenvalue weighted by molar-refractivity contribution is -0.143. The van der Waals surface area contributed by atoms with Crippen molar-refractivity contribution < 1.29 is 33.6 Å². The van der Waals surface area contributed by atoms with Gasteiger partial charge in [-0.15, -0.1) is 0 Å². The summed E-state index contributed by atoms with van der Waals surface area (Å²) in [5.74, 6) is -0.975. The second-order valence-electron chi connectivity index (χ2n) is 9.33. The third kappa shape index (κ3) is 8.40. The summed E-state index contributed by atoms with van der Waals surface area (Å²) in [5, 5.41) is 13.3. The number of allylic oxidation sites excluding steroid dienone is 1. The number of carbonyl (C=O) groups excluding carboxylic acids is 2. The minimum atomic E-state index is -0.748. The molecule has 210 valence electrons. The predicted molar refractivity (Wildman–Crippen MR) is 148 cm³/mol. The van der Waals surface area contributed by atoms with Gasteiger partial charge in [0, 0.05) is 23.9 Å². The number of aliphatic hydroxyl groups excluding tert-OH is 1. The maximum atomic E-state index is 12.7. The van der Waals surface area contributed by atoms with Gasteiger partial charge in [0.05, 0.1) is 26.4 Å². The van der Waals surface area contributed by atoms with E-state index in [2.05, 4.69) is 10.3 Å². The number of para-hydroxylation sites is 1. The number of aliphatic hydroxyl groups is 1. The average Bonchev–Trinajstić information content (AvgIpc) is 2.95. The number of carbonyl (C=O) groups is 2. The number of methoxy groups -OCH3 is 2. The van der Waals surface area contributed by atoms with Gasteiger partial charge in [0.15, 0.2) is 0 Å². The summed E-state index contributed by atoms with van der Waals surface area (Å²) >= 11 is 0. The molecule has 0 amide bonds. The lowest BCUT2D eigenvalue weighted by Crippen LogP contribution is -2.36. The van der Waals surface area contributed by atoms with Crippen molar-refractivity contribution in [2.75, 3.05) is 40.5 Å². The van der Waals surface area contributed by atoms with Crippen LogP contribution in [0.4, 0.5) is 0 Å². The van der Waals surface area contributed by atoms with Crippen LogP contribution in [-0.4, -0.2) is 69.4 Å². The van der Waals surface area contributed by atoms with Crippen molar-refractivity contribution in [3.05, 3.63) is 71.4 Å². The van der Waals surface area contributed by atoms with E-state index in [-0.39, 0.29) is 6.61 Å². The Kier molecular flexibility index (Phi) is 11.5. The molecule has 0 aliphatic carbocycles. The molecular weight excluding hydrogens is 500 g/mol. The Morgan fingerprint density at radius 3 is 2.44 bits per heavy atom. The first kappa shape index (κ1) is 29.9. The van der Waals surface area contributed by atoms with E-state index in [1.54, 1.807) is 13.8 Å². The third-order valence-electron chi connectivity index (χ3n) is 6.49. The Morgan fingerprint density at radius 1 is 0.974 bits per heavy atom. The molecule has 39 heavy (non-hydrogen) atoms. The largest absolute Gasteiger partial charge is 0.494 e. The summed E-state index contributed by atoms with van der Waals surface area (Å²) in [4.78, 5) is 29.8. The van der Waals surface area contributed by atoms with E-state index in [0.29, 0.717) is 35.9 Å². The molecular formula is C30H38N2O7. The van der Waals surface area contributed by atoms with Gasteiger partial charge in [0.2, 0.25) is 0 Å². The van der Waals surface area contributed by atoms with Gasteiger partial charge in [0.25, 0.3) is 0 Å². The second kappa shape index (κ2) is 15.0. The minimum Gasteiger partial charge on any atom is -0.494 e. The van der Waals surface area contributed by atoms with Crippen LogP contribution in [0.15, 0.2) is 70.9 Å². The lowest BCUT2D eigenvalue weighted by atomic mass is 9.75. The van der Waals surface area contributed by atoms with Crippen LogP contribution in [0.1, 0.15) is 38.2 Å². The number of hydrogen-bond acceptors (Lipinski definition) is 9. The number of rotatable bonds is 14. The van der Waals surface area contributed by atoms with Gasteiger partial charge < -0.3 is 29.4 Å². The molecule has 3 unspecified atom stereocenters. The van der Waals surface area contributed by atoms with Gasteiger partial charge >= 0.3 is 11.9 Å². The topological polar surface area (TPSA) is 116 Å². The molecule has 9 nitrogen and oxygen atoms in total. The Hall–Kier alpha value is -3.69. The molecule has 1 aliphatic heterocycles. The highest BCUT2D eigenvalue weighted by molar-refractivity contribution is 6.06. The first-order valence-electron chi connectivity index (χ1n) is 13.1. The standard InChI is InChI=1S/C30H38N2O7/c1-20-26(29(34)36-3)28(27(21(2)32-20)30(35)37-4)22-11-10-14-25(17-22)38-16-9-8-15-31-18-23(33)19-39-24-12-6-5-7-13-24/h5-7,10-14,17,23,26,28,31,33H,8-9,15-16,18-19H2,1-4H3. The number of nitrogens with zero attached hydrogens (tertiary/aromatic N) is 1. The van der Waals surface area contributed by atoms with Gasteiger partial charge in [-0.1, -0.05) is 30.3 Å². The number of esters is 2. The van der Waals surface area contributed by atoms with Crippen LogP contribution in [0.2, 0.25) is 0 Å². The number of ether oxygens (including phenoxy) is 4. The van der Waals surface area contributed by atoms with Crippen molar-refractivity contribution in [2.24, 2.45) is 10.9 Å². The number of nitrogens with one attached hydrogen (secondary N) is 1. The van der Waals surface area contributed by atoms with E-state index in [0.717, 1.165) is 30.7 Å². The van der Waals surface area contributed by atoms with Gasteiger partial charge in [-0.05, 0) is 63.1 Å². The van der Waals surface area contributed by atoms with Gasteiger partial charge in [-0.2, -0.15) is 0 Å². The summed E-state index contributed by atoms with van der Waals surface area (Å²) in [6.07, 6.45) is 1.07. The molecule has 3 rings (SSSR count). The summed E-state index contributed by atoms with van der Waals surface area (Å²) in [6.45, 7) is 5.40. The van der Waals surface area contributed by atoms with Crippen LogP contribution in [0.5, 0.6) is 11.5 Å². The zero-order valence-corrected chi connectivity index (χ0v) is 23.0. The fourth-order valence-corrected chi connectivity index (χ4v) is 4.58. The van der Waals surface area contributed by atoms with E-state index in [1.165, 1.54) is 14.2 Å². The zero-order valence-electron chi connectivity index (χ0n) is 23.0. The molecule has 1 aliphatic rings. The minimum absolute atomic E-state index is 0.228. The molecule has 3 atom stereocenters. The molecule has 0 fully saturated rings. The van der Waals surface area contributed by atoms with Crippen molar-refractivity contribution in [2.45, 2.75) is 38.7 Å². The smallest absolute Gasteiger partial charge is 0.336 e. The molecule has 0 saturated carbocycles. The Morgan fingerprint density at radius 2 is 1.72 bits per heavy atom. The Balaban J connectivity index is 1.51. The van der Waals surface area contributed by atoms with Crippen LogP contribution in [0, 0.1) is 5.92 Å². The maximum Gasteiger partial charge on any atom is 0.336 e. The first-order chi connectivity index (χ1) is 18.8. The van der Waals surface area contributed by atoms with Gasteiger partial charge in [0.1, 0.15) is 30.1 Å². The fraction of sp³-hybridized carbons (Fsp3) is 0.433. The summed E-state index contributed by atoms with van der Waals surface area (Å²) in [6, 6.07) is 16.8. The number of hydrogen-bond donors (Lipinski definition) is 2. The summed E-state index contributed by atoms with van der Waals surface area (Å²) in [7, 11) is 2.63. The summed E-state index contributed by atoms with van der Waals surface area (Å²) < 4.78 is 21.6. The SMILES string of the molecule is COC(=O)C1=C(C)N=C(C)C(C(=O)OC)C1c1cccc(OCCCCNCC(O)COc2ccccc2)c1. The summed E-state index contributed by atoms with van der Waals surface area (Å²) in [5.41, 5.74) is 2.16. The molecule has 0 radical (unpaired) electrons. The quantitative estimate of drug-likeness (QED) is 0.277.